The number of β-amino-alcohol motifs (C(OH)–C–C–N with tert-alkyl or cyclic N) is 1. The predicted molar refractivity (Wildman–Crippen MR) is 104 cm³/mol. The van der Waals surface area contributed by atoms with E-state index >= 15 is 0 Å². The number of nitrogens with zero attached hydrogens (tertiary/aromatic N) is 2. The second-order valence-corrected chi connectivity index (χ2v) is 6.79. The van der Waals surface area contributed by atoms with Crippen LogP contribution in [0.4, 0.5) is 0 Å². The summed E-state index contributed by atoms with van der Waals surface area (Å²) in [5.74, 6) is 1.52. The van der Waals surface area contributed by atoms with Gasteiger partial charge in [0.25, 0.3) is 0 Å². The molecular weight excluding hydrogens is 332 g/mol. The van der Waals surface area contributed by atoms with Gasteiger partial charge in [-0.2, -0.15) is 0 Å². The minimum atomic E-state index is -0.844. The highest BCUT2D eigenvalue weighted by atomic mass is 16.5. The summed E-state index contributed by atoms with van der Waals surface area (Å²) in [7, 11) is 1.66. The van der Waals surface area contributed by atoms with Crippen molar-refractivity contribution in [2.75, 3.05) is 53.0 Å². The molecule has 26 heavy (non-hydrogen) atoms. The number of hydrogen-bond acceptors (Lipinski definition) is 5. The lowest BCUT2D eigenvalue weighted by Crippen LogP contribution is -2.52. The first-order valence-electron chi connectivity index (χ1n) is 9.20. The van der Waals surface area contributed by atoms with Crippen LogP contribution in [0.3, 0.4) is 0 Å². The number of guanidine groups is 1. The van der Waals surface area contributed by atoms with Crippen LogP contribution in [0.5, 0.6) is 5.75 Å². The molecule has 0 bridgehead atoms. The summed E-state index contributed by atoms with van der Waals surface area (Å²) in [6, 6.07) is 7.86. The van der Waals surface area contributed by atoms with Crippen LogP contribution in [-0.4, -0.2) is 74.6 Å². The molecule has 0 saturated carbocycles. The zero-order chi connectivity index (χ0) is 18.8. The van der Waals surface area contributed by atoms with E-state index in [2.05, 4.69) is 20.5 Å². The van der Waals surface area contributed by atoms with Gasteiger partial charge in [-0.3, -0.25) is 4.90 Å². The number of aliphatic imine (C=N–C) groups is 1. The van der Waals surface area contributed by atoms with Gasteiger partial charge in [0.1, 0.15) is 5.75 Å². The van der Waals surface area contributed by atoms with Crippen LogP contribution in [0.25, 0.3) is 0 Å². The van der Waals surface area contributed by atoms with Crippen molar-refractivity contribution < 1.29 is 14.6 Å². The van der Waals surface area contributed by atoms with Gasteiger partial charge in [0.15, 0.2) is 5.96 Å². The van der Waals surface area contributed by atoms with Crippen LogP contribution < -0.4 is 15.4 Å². The number of methoxy groups -OCH3 is 1. The molecule has 1 aromatic rings. The summed E-state index contributed by atoms with van der Waals surface area (Å²) in [5.41, 5.74) is 0.227. The van der Waals surface area contributed by atoms with Crippen LogP contribution in [0, 0.1) is 0 Å². The molecule has 0 radical (unpaired) electrons. The molecule has 0 aromatic heterocycles. The van der Waals surface area contributed by atoms with Crippen LogP contribution >= 0.6 is 0 Å². The number of nitrogens with one attached hydrogen (secondary N) is 2. The summed E-state index contributed by atoms with van der Waals surface area (Å²) < 4.78 is 10.6. The minimum Gasteiger partial charge on any atom is -0.497 e. The Hall–Kier alpha value is -1.83. The van der Waals surface area contributed by atoms with Crippen molar-refractivity contribution in [3.63, 3.8) is 0 Å². The van der Waals surface area contributed by atoms with Crippen molar-refractivity contribution in [3.8, 4) is 5.75 Å². The molecule has 1 unspecified atom stereocenters. The van der Waals surface area contributed by atoms with Gasteiger partial charge in [-0.1, -0.05) is 12.1 Å². The van der Waals surface area contributed by atoms with E-state index < -0.39 is 5.60 Å². The fourth-order valence-corrected chi connectivity index (χ4v) is 2.85. The van der Waals surface area contributed by atoms with Gasteiger partial charge in [-0.15, -0.1) is 0 Å². The van der Waals surface area contributed by atoms with Gasteiger partial charge < -0.3 is 25.2 Å². The van der Waals surface area contributed by atoms with Gasteiger partial charge in [-0.05, 0) is 31.5 Å². The van der Waals surface area contributed by atoms with E-state index in [0.717, 1.165) is 44.2 Å². The monoisotopic (exact) mass is 364 g/mol. The minimum absolute atomic E-state index is 0.425. The first-order chi connectivity index (χ1) is 12.5. The third-order valence-corrected chi connectivity index (χ3v) is 4.20. The highest BCUT2D eigenvalue weighted by molar-refractivity contribution is 5.79. The second-order valence-electron chi connectivity index (χ2n) is 6.79. The maximum Gasteiger partial charge on any atom is 0.191 e. The zero-order valence-electron chi connectivity index (χ0n) is 16.1. The standard InChI is InChI=1S/C19H32N4O3/c1-4-20-18(21-13-16-6-5-7-17(12-16)25-3)22-14-19(2,24)15-23-8-10-26-11-9-23/h5-7,12,24H,4,8-11,13-15H2,1-3H3,(H2,20,21,22). The molecule has 3 N–H and O–H groups in total. The Labute approximate surface area is 156 Å². The van der Waals surface area contributed by atoms with Crippen molar-refractivity contribution >= 4 is 5.96 Å². The lowest BCUT2D eigenvalue weighted by molar-refractivity contribution is -0.0201. The van der Waals surface area contributed by atoms with E-state index in [4.69, 9.17) is 9.47 Å². The molecule has 0 amide bonds. The average molecular weight is 364 g/mol. The zero-order valence-corrected chi connectivity index (χ0v) is 16.1. The van der Waals surface area contributed by atoms with Gasteiger partial charge in [-0.25, -0.2) is 4.99 Å². The summed E-state index contributed by atoms with van der Waals surface area (Å²) in [4.78, 5) is 6.83. The van der Waals surface area contributed by atoms with Crippen LogP contribution in [0.2, 0.25) is 0 Å². The van der Waals surface area contributed by atoms with E-state index in [9.17, 15) is 5.11 Å². The van der Waals surface area contributed by atoms with E-state index in [1.807, 2.05) is 38.1 Å². The fourth-order valence-electron chi connectivity index (χ4n) is 2.85. The number of rotatable bonds is 8. The molecular formula is C19H32N4O3. The smallest absolute Gasteiger partial charge is 0.191 e. The van der Waals surface area contributed by atoms with Gasteiger partial charge >= 0.3 is 0 Å². The maximum absolute atomic E-state index is 10.7. The molecule has 146 valence electrons. The second kappa shape index (κ2) is 10.4. The van der Waals surface area contributed by atoms with E-state index in [1.54, 1.807) is 7.11 Å². The van der Waals surface area contributed by atoms with E-state index in [0.29, 0.717) is 25.6 Å². The normalized spacial score (nSPS) is 18.2. The molecule has 1 heterocycles. The lowest BCUT2D eigenvalue weighted by atomic mass is 10.1. The molecule has 0 aliphatic carbocycles. The maximum atomic E-state index is 10.7. The van der Waals surface area contributed by atoms with Crippen molar-refractivity contribution in [2.45, 2.75) is 26.0 Å². The average Bonchev–Trinajstić information content (AvgIpc) is 2.64. The Morgan fingerprint density at radius 3 is 2.81 bits per heavy atom. The Morgan fingerprint density at radius 1 is 1.35 bits per heavy atom. The Balaban J connectivity index is 1.89. The van der Waals surface area contributed by atoms with Crippen molar-refractivity contribution in [2.24, 2.45) is 4.99 Å². The Kier molecular flexibility index (Phi) is 8.15. The van der Waals surface area contributed by atoms with Gasteiger partial charge in [0.2, 0.25) is 0 Å². The van der Waals surface area contributed by atoms with E-state index in [-0.39, 0.29) is 0 Å². The Morgan fingerprint density at radius 2 is 2.12 bits per heavy atom. The predicted octanol–water partition coefficient (Wildman–Crippen LogP) is 0.834. The third kappa shape index (κ3) is 7.19. The topological polar surface area (TPSA) is 78.4 Å². The molecule has 2 rings (SSSR count). The lowest BCUT2D eigenvalue weighted by Gasteiger charge is -2.34. The number of morpholine rings is 1. The molecule has 1 fully saturated rings. The molecule has 1 atom stereocenters. The third-order valence-electron chi connectivity index (χ3n) is 4.20. The van der Waals surface area contributed by atoms with E-state index in [1.165, 1.54) is 0 Å². The SMILES string of the molecule is CCNC(=NCc1cccc(OC)c1)NCC(C)(O)CN1CCOCC1. The Bertz CT molecular complexity index is 572. The van der Waals surface area contributed by atoms with Gasteiger partial charge in [0.05, 0.1) is 32.5 Å². The first-order valence-corrected chi connectivity index (χ1v) is 9.20. The molecule has 7 nitrogen and oxygen atoms in total. The van der Waals surface area contributed by atoms with Gasteiger partial charge in [0, 0.05) is 32.7 Å². The molecule has 7 heteroatoms. The highest BCUT2D eigenvalue weighted by Crippen LogP contribution is 2.13. The number of hydrogen-bond donors (Lipinski definition) is 3. The molecule has 0 spiro atoms. The van der Waals surface area contributed by atoms with Crippen molar-refractivity contribution in [3.05, 3.63) is 29.8 Å². The fraction of sp³-hybridized carbons (Fsp3) is 0.632. The van der Waals surface area contributed by atoms with Crippen molar-refractivity contribution in [1.82, 2.24) is 15.5 Å². The molecule has 1 aromatic carbocycles. The number of benzene rings is 1. The number of ether oxygens (including phenoxy) is 2. The quantitative estimate of drug-likeness (QED) is 0.469. The van der Waals surface area contributed by atoms with Crippen LogP contribution in [0.1, 0.15) is 19.4 Å². The molecule has 1 saturated heterocycles. The molecule has 1 aliphatic heterocycles. The number of aliphatic hydroxyl groups is 1. The summed E-state index contributed by atoms with van der Waals surface area (Å²) in [6.07, 6.45) is 0. The first kappa shape index (κ1) is 20.5. The largest absolute Gasteiger partial charge is 0.497 e. The van der Waals surface area contributed by atoms with Crippen LogP contribution in [-0.2, 0) is 11.3 Å². The highest BCUT2D eigenvalue weighted by Gasteiger charge is 2.25. The summed E-state index contributed by atoms with van der Waals surface area (Å²) in [6.45, 7) is 9.39. The summed E-state index contributed by atoms with van der Waals surface area (Å²) >= 11 is 0. The molecule has 1 aliphatic rings. The van der Waals surface area contributed by atoms with Crippen molar-refractivity contribution in [1.29, 1.82) is 0 Å². The summed E-state index contributed by atoms with van der Waals surface area (Å²) in [5, 5.41) is 17.2. The van der Waals surface area contributed by atoms with Crippen LogP contribution in [0.15, 0.2) is 29.3 Å².